The maximum atomic E-state index is 14.1. The predicted molar refractivity (Wildman–Crippen MR) is 156 cm³/mol. The Hall–Kier alpha value is -3.22. The lowest BCUT2D eigenvalue weighted by molar-refractivity contribution is 0.0751. The van der Waals surface area contributed by atoms with Gasteiger partial charge in [-0.1, -0.05) is 35.4 Å². The lowest BCUT2D eigenvalue weighted by atomic mass is 9.70. The van der Waals surface area contributed by atoms with Gasteiger partial charge in [-0.25, -0.2) is 16.8 Å². The van der Waals surface area contributed by atoms with Crippen molar-refractivity contribution < 1.29 is 26.7 Å². The van der Waals surface area contributed by atoms with Crippen molar-refractivity contribution in [1.29, 1.82) is 0 Å². The molecule has 0 radical (unpaired) electrons. The topological polar surface area (TPSA) is 109 Å². The molecule has 2 aliphatic rings. The van der Waals surface area contributed by atoms with Crippen molar-refractivity contribution in [2.45, 2.75) is 35.1 Å². The van der Waals surface area contributed by atoms with E-state index in [4.69, 9.17) is 4.74 Å². The number of aromatic nitrogens is 1. The molecule has 1 fully saturated rings. The molecule has 1 spiro atoms. The Kier molecular flexibility index (Phi) is 6.59. The summed E-state index contributed by atoms with van der Waals surface area (Å²) in [5.74, 6) is 0.645. The van der Waals surface area contributed by atoms with Gasteiger partial charge >= 0.3 is 0 Å². The summed E-state index contributed by atoms with van der Waals surface area (Å²) in [5.41, 5.74) is 3.43. The molecular formula is C30H33N3O6S2. The minimum Gasteiger partial charge on any atom is -0.497 e. The van der Waals surface area contributed by atoms with Gasteiger partial charge in [0.1, 0.15) is 5.75 Å². The summed E-state index contributed by atoms with van der Waals surface area (Å²) < 4.78 is 65.6. The van der Waals surface area contributed by atoms with Crippen LogP contribution >= 0.6 is 0 Å². The number of methoxy groups -OCH3 is 1. The van der Waals surface area contributed by atoms with Gasteiger partial charge in [0.2, 0.25) is 20.0 Å². The summed E-state index contributed by atoms with van der Waals surface area (Å²) >= 11 is 0. The van der Waals surface area contributed by atoms with Crippen molar-refractivity contribution in [3.05, 3.63) is 89.1 Å². The Bertz CT molecular complexity index is 1860. The summed E-state index contributed by atoms with van der Waals surface area (Å²) in [5, 5.41) is 11.6. The molecule has 0 saturated carbocycles. The van der Waals surface area contributed by atoms with Gasteiger partial charge in [0.15, 0.2) is 0 Å². The summed E-state index contributed by atoms with van der Waals surface area (Å²) in [6, 6.07) is 18.2. The number of aliphatic hydroxyl groups excluding tert-OH is 1. The van der Waals surface area contributed by atoms with Crippen LogP contribution in [0, 0.1) is 13.8 Å². The van der Waals surface area contributed by atoms with Crippen molar-refractivity contribution in [1.82, 2.24) is 13.2 Å². The first-order valence-corrected chi connectivity index (χ1v) is 16.2. The first-order valence-electron chi connectivity index (χ1n) is 13.4. The second-order valence-corrected chi connectivity index (χ2v) is 15.0. The molecule has 9 nitrogen and oxygen atoms in total. The maximum absolute atomic E-state index is 14.1. The second-order valence-electron chi connectivity index (χ2n) is 11.1. The third kappa shape index (κ3) is 4.21. The van der Waals surface area contributed by atoms with E-state index in [-0.39, 0.29) is 29.4 Å². The molecule has 0 aliphatic carbocycles. The number of nitrogens with zero attached hydrogens (tertiary/aromatic N) is 3. The standard InChI is InChI=1S/C30H33N3O6S2/c1-20-5-10-23(11-6-20)40(35,36)32-17-30(18-32)19-33(41(37,38)24-12-7-21(2)8-13-24)27(16-34)29-28(30)25-14-9-22(39-4)15-26(25)31(29)3/h5-15,27,34H,16-19H2,1-4H3/t27-/m1/s1. The molecule has 216 valence electrons. The number of rotatable bonds is 6. The van der Waals surface area contributed by atoms with Gasteiger partial charge in [0, 0.05) is 49.2 Å². The Labute approximate surface area is 240 Å². The third-order valence-corrected chi connectivity index (χ3v) is 12.2. The van der Waals surface area contributed by atoms with Crippen LogP contribution in [0.1, 0.15) is 28.4 Å². The average molecular weight is 596 g/mol. The van der Waals surface area contributed by atoms with E-state index >= 15 is 0 Å². The van der Waals surface area contributed by atoms with E-state index in [2.05, 4.69) is 0 Å². The van der Waals surface area contributed by atoms with Crippen molar-refractivity contribution in [2.24, 2.45) is 7.05 Å². The smallest absolute Gasteiger partial charge is 0.243 e. The van der Waals surface area contributed by atoms with Gasteiger partial charge in [-0.2, -0.15) is 8.61 Å². The zero-order valence-electron chi connectivity index (χ0n) is 23.4. The van der Waals surface area contributed by atoms with Crippen LogP contribution in [-0.2, 0) is 32.5 Å². The molecule has 0 unspecified atom stereocenters. The van der Waals surface area contributed by atoms with Crippen LogP contribution in [0.2, 0.25) is 0 Å². The van der Waals surface area contributed by atoms with Crippen molar-refractivity contribution in [3.8, 4) is 5.75 Å². The van der Waals surface area contributed by atoms with E-state index in [9.17, 15) is 21.9 Å². The van der Waals surface area contributed by atoms with Crippen LogP contribution in [0.15, 0.2) is 76.5 Å². The Morgan fingerprint density at radius 2 is 1.41 bits per heavy atom. The van der Waals surface area contributed by atoms with E-state index in [1.54, 1.807) is 55.6 Å². The molecule has 1 atom stereocenters. The van der Waals surface area contributed by atoms with E-state index in [0.29, 0.717) is 11.4 Å². The van der Waals surface area contributed by atoms with Gasteiger partial charge in [0.05, 0.1) is 35.1 Å². The van der Waals surface area contributed by atoms with Crippen LogP contribution in [0.4, 0.5) is 0 Å². The molecule has 1 N–H and O–H groups in total. The highest BCUT2D eigenvalue weighted by Crippen LogP contribution is 2.51. The minimum atomic E-state index is -4.04. The summed E-state index contributed by atoms with van der Waals surface area (Å²) in [4.78, 5) is 0.332. The predicted octanol–water partition coefficient (Wildman–Crippen LogP) is 3.48. The molecule has 41 heavy (non-hydrogen) atoms. The fourth-order valence-electron chi connectivity index (χ4n) is 6.33. The molecule has 11 heteroatoms. The van der Waals surface area contributed by atoms with Crippen LogP contribution in [-0.4, -0.2) is 68.5 Å². The van der Waals surface area contributed by atoms with Gasteiger partial charge in [-0.05, 0) is 55.8 Å². The van der Waals surface area contributed by atoms with Crippen molar-refractivity contribution in [2.75, 3.05) is 33.4 Å². The lowest BCUT2D eigenvalue weighted by Crippen LogP contribution is -2.68. The average Bonchev–Trinajstić information content (AvgIpc) is 3.23. The Morgan fingerprint density at radius 3 is 1.95 bits per heavy atom. The summed E-state index contributed by atoms with van der Waals surface area (Å²) in [6.45, 7) is 3.61. The molecule has 1 aromatic heterocycles. The first kappa shape index (κ1) is 27.9. The molecule has 3 heterocycles. The quantitative estimate of drug-likeness (QED) is 0.366. The van der Waals surface area contributed by atoms with Crippen molar-refractivity contribution in [3.63, 3.8) is 0 Å². The first-order chi connectivity index (χ1) is 19.4. The number of benzene rings is 3. The van der Waals surface area contributed by atoms with Crippen LogP contribution < -0.4 is 4.74 Å². The minimum absolute atomic E-state index is 0.0342. The van der Waals surface area contributed by atoms with Crippen LogP contribution in [0.25, 0.3) is 10.9 Å². The number of hydrogen-bond donors (Lipinski definition) is 1. The highest BCUT2D eigenvalue weighted by atomic mass is 32.2. The second kappa shape index (κ2) is 9.67. The van der Waals surface area contributed by atoms with Gasteiger partial charge in [0.25, 0.3) is 0 Å². The monoisotopic (exact) mass is 595 g/mol. The number of aryl methyl sites for hydroxylation is 3. The molecule has 0 amide bonds. The Balaban J connectivity index is 1.52. The number of hydrogen-bond acceptors (Lipinski definition) is 6. The summed E-state index contributed by atoms with van der Waals surface area (Å²) in [7, 11) is -4.41. The molecule has 0 bridgehead atoms. The van der Waals surface area contributed by atoms with Gasteiger partial charge in [-0.15, -0.1) is 0 Å². The SMILES string of the molecule is COc1ccc2c3c(n(C)c2c1)[C@@H](CO)N(S(=O)(=O)c1ccc(C)cc1)CC31CN(S(=O)(=O)c2ccc(C)cc2)C1. The van der Waals surface area contributed by atoms with Crippen LogP contribution in [0.3, 0.4) is 0 Å². The van der Waals surface area contributed by atoms with Gasteiger partial charge in [-0.3, -0.25) is 0 Å². The number of sulfonamides is 2. The zero-order chi connectivity index (χ0) is 29.3. The number of fused-ring (bicyclic) bond motifs is 4. The highest BCUT2D eigenvalue weighted by Gasteiger charge is 2.58. The number of ether oxygens (including phenoxy) is 1. The number of aliphatic hydroxyl groups is 1. The summed E-state index contributed by atoms with van der Waals surface area (Å²) in [6.07, 6.45) is 0. The zero-order valence-corrected chi connectivity index (χ0v) is 25.0. The maximum Gasteiger partial charge on any atom is 0.243 e. The van der Waals surface area contributed by atoms with E-state index in [1.165, 1.54) is 8.61 Å². The van der Waals surface area contributed by atoms with E-state index in [1.807, 2.05) is 43.7 Å². The van der Waals surface area contributed by atoms with E-state index in [0.717, 1.165) is 27.6 Å². The fourth-order valence-corrected chi connectivity index (χ4v) is 9.61. The molecule has 6 rings (SSSR count). The van der Waals surface area contributed by atoms with E-state index < -0.39 is 38.1 Å². The van der Waals surface area contributed by atoms with Gasteiger partial charge < -0.3 is 14.4 Å². The van der Waals surface area contributed by atoms with Crippen LogP contribution in [0.5, 0.6) is 5.75 Å². The van der Waals surface area contributed by atoms with Crippen molar-refractivity contribution >= 4 is 30.9 Å². The molecular weight excluding hydrogens is 562 g/mol. The molecule has 3 aromatic carbocycles. The molecule has 4 aromatic rings. The lowest BCUT2D eigenvalue weighted by Gasteiger charge is -2.55. The largest absolute Gasteiger partial charge is 0.497 e. The normalized spacial score (nSPS) is 19.3. The third-order valence-electron chi connectivity index (χ3n) is 8.52. The Morgan fingerprint density at radius 1 is 0.854 bits per heavy atom. The molecule has 2 aliphatic heterocycles. The molecule has 1 saturated heterocycles. The fraction of sp³-hybridized carbons (Fsp3) is 0.333. The highest BCUT2D eigenvalue weighted by molar-refractivity contribution is 7.89.